The number of aliphatic hydroxyl groups excluding tert-OH is 7. The summed E-state index contributed by atoms with van der Waals surface area (Å²) in [5, 5.41) is 72.2. The molecule has 0 aromatic carbocycles. The number of rotatable bonds is 44. The molecule has 0 radical (unpaired) electrons. The Bertz CT molecular complexity index is 1340. The van der Waals surface area contributed by atoms with Crippen molar-refractivity contribution in [2.45, 2.75) is 268 Å². The molecule has 0 bridgehead atoms. The average molecular weight is 997 g/mol. The van der Waals surface area contributed by atoms with Crippen molar-refractivity contribution >= 4 is 5.97 Å². The minimum absolute atomic E-state index is 0.0247. The topological polar surface area (TPSA) is 214 Å². The molecule has 7 N–H and O–H groups in total. The summed E-state index contributed by atoms with van der Waals surface area (Å²) < 4.78 is 34.2. The highest BCUT2D eigenvalue weighted by molar-refractivity contribution is 5.69. The number of hydrogen-bond donors (Lipinski definition) is 7. The first-order valence-corrected chi connectivity index (χ1v) is 27.7. The monoisotopic (exact) mass is 997 g/mol. The number of ether oxygens (including phenoxy) is 6. The third kappa shape index (κ3) is 30.2. The van der Waals surface area contributed by atoms with Gasteiger partial charge < -0.3 is 64.2 Å². The van der Waals surface area contributed by atoms with E-state index in [1.807, 2.05) is 0 Å². The average Bonchev–Trinajstić information content (AvgIpc) is 3.36. The largest absolute Gasteiger partial charge is 0.457 e. The van der Waals surface area contributed by atoms with Crippen molar-refractivity contribution in [3.8, 4) is 0 Å². The van der Waals surface area contributed by atoms with Crippen LogP contribution in [-0.2, 0) is 33.2 Å². The fourth-order valence-electron chi connectivity index (χ4n) is 8.64. The molecule has 70 heavy (non-hydrogen) atoms. The van der Waals surface area contributed by atoms with Crippen LogP contribution in [0.25, 0.3) is 0 Å². The minimum Gasteiger partial charge on any atom is -0.457 e. The Hall–Kier alpha value is -2.05. The van der Waals surface area contributed by atoms with E-state index in [2.05, 4.69) is 62.5 Å². The van der Waals surface area contributed by atoms with E-state index >= 15 is 0 Å². The number of allylic oxidation sites excluding steroid dienone is 8. The number of carbonyl (C=O) groups excluding carboxylic acids is 1. The summed E-state index contributed by atoms with van der Waals surface area (Å²) in [6.45, 7) is 3.44. The van der Waals surface area contributed by atoms with Crippen LogP contribution in [-0.4, -0.2) is 142 Å². The molecule has 2 saturated heterocycles. The van der Waals surface area contributed by atoms with Gasteiger partial charge in [0.15, 0.2) is 12.6 Å². The smallest absolute Gasteiger partial charge is 0.306 e. The van der Waals surface area contributed by atoms with Crippen LogP contribution in [0.1, 0.15) is 200 Å². The highest BCUT2D eigenvalue weighted by Gasteiger charge is 2.47. The lowest BCUT2D eigenvalue weighted by Crippen LogP contribution is -2.61. The summed E-state index contributed by atoms with van der Waals surface area (Å²) in [6.07, 6.45) is 34.8. The first kappa shape index (κ1) is 64.1. The zero-order valence-electron chi connectivity index (χ0n) is 43.5. The van der Waals surface area contributed by atoms with E-state index in [1.54, 1.807) is 0 Å². The van der Waals surface area contributed by atoms with Crippen molar-refractivity contribution < 1.29 is 69.0 Å². The van der Waals surface area contributed by atoms with E-state index in [-0.39, 0.29) is 19.6 Å². The van der Waals surface area contributed by atoms with Gasteiger partial charge in [-0.2, -0.15) is 0 Å². The van der Waals surface area contributed by atoms with Crippen molar-refractivity contribution in [1.82, 2.24) is 0 Å². The quantitative estimate of drug-likeness (QED) is 0.0172. The van der Waals surface area contributed by atoms with Crippen LogP contribution in [0.3, 0.4) is 0 Å². The van der Waals surface area contributed by atoms with E-state index in [0.717, 1.165) is 57.8 Å². The molecule has 2 aliphatic rings. The number of unbranched alkanes of at least 4 members (excludes halogenated alkanes) is 22. The lowest BCUT2D eigenvalue weighted by molar-refractivity contribution is -0.332. The molecular formula is C56H100O14. The van der Waals surface area contributed by atoms with Crippen LogP contribution in [0.5, 0.6) is 0 Å². The normalized spacial score (nSPS) is 25.8. The molecule has 2 aliphatic heterocycles. The molecule has 2 rings (SSSR count). The Morgan fingerprint density at radius 2 is 0.914 bits per heavy atom. The van der Waals surface area contributed by atoms with E-state index in [9.17, 15) is 40.5 Å². The number of aliphatic hydroxyl groups is 7. The predicted octanol–water partition coefficient (Wildman–Crippen LogP) is 9.13. The third-order valence-corrected chi connectivity index (χ3v) is 13.1. The van der Waals surface area contributed by atoms with Crippen LogP contribution in [0.4, 0.5) is 0 Å². The fourth-order valence-corrected chi connectivity index (χ4v) is 8.64. The van der Waals surface area contributed by atoms with Gasteiger partial charge in [0.05, 0.1) is 26.4 Å². The van der Waals surface area contributed by atoms with Crippen molar-refractivity contribution in [1.29, 1.82) is 0 Å². The molecule has 0 aromatic heterocycles. The molecular weight excluding hydrogens is 897 g/mol. The zero-order valence-corrected chi connectivity index (χ0v) is 43.5. The van der Waals surface area contributed by atoms with E-state index in [1.165, 1.54) is 116 Å². The van der Waals surface area contributed by atoms with Crippen LogP contribution in [0.15, 0.2) is 48.6 Å². The van der Waals surface area contributed by atoms with Gasteiger partial charge in [0.1, 0.15) is 54.9 Å². The molecule has 408 valence electrons. The maximum Gasteiger partial charge on any atom is 0.306 e. The number of carbonyl (C=O) groups is 1. The molecule has 0 spiro atoms. The van der Waals surface area contributed by atoms with Gasteiger partial charge in [0, 0.05) is 13.0 Å². The molecule has 11 unspecified atom stereocenters. The lowest BCUT2D eigenvalue weighted by atomic mass is 9.98. The summed E-state index contributed by atoms with van der Waals surface area (Å²) in [6, 6.07) is 0. The van der Waals surface area contributed by atoms with Crippen LogP contribution >= 0.6 is 0 Å². The Kier molecular flexibility index (Phi) is 39.7. The molecule has 2 heterocycles. The SMILES string of the molecule is CC/C=C\C/C=C\C/C=C\C/C=C\CCCOCC(COC1OC(COC2OC(CO)C(O)C(O)C2O)C(O)C(O)C1O)OC(=O)CCCCCCCCCCCCCCCCCCCCCCCC. The molecule has 2 fully saturated rings. The van der Waals surface area contributed by atoms with Gasteiger partial charge in [-0.3, -0.25) is 4.79 Å². The minimum atomic E-state index is -1.72. The van der Waals surface area contributed by atoms with Crippen LogP contribution in [0, 0.1) is 0 Å². The number of hydrogen-bond acceptors (Lipinski definition) is 14. The van der Waals surface area contributed by atoms with E-state index in [4.69, 9.17) is 28.4 Å². The van der Waals surface area contributed by atoms with Crippen molar-refractivity contribution in [3.05, 3.63) is 48.6 Å². The molecule has 14 nitrogen and oxygen atoms in total. The maximum absolute atomic E-state index is 13.0. The van der Waals surface area contributed by atoms with E-state index < -0.39 is 86.7 Å². The van der Waals surface area contributed by atoms with Gasteiger partial charge in [-0.1, -0.05) is 197 Å². The van der Waals surface area contributed by atoms with Crippen molar-refractivity contribution in [3.63, 3.8) is 0 Å². The summed E-state index contributed by atoms with van der Waals surface area (Å²) in [5.41, 5.74) is 0. The Labute approximate surface area is 422 Å². The third-order valence-electron chi connectivity index (χ3n) is 13.1. The van der Waals surface area contributed by atoms with Gasteiger partial charge in [-0.15, -0.1) is 0 Å². The lowest BCUT2D eigenvalue weighted by Gasteiger charge is -2.42. The second kappa shape index (κ2) is 43.4. The Balaban J connectivity index is 1.73. The summed E-state index contributed by atoms with van der Waals surface area (Å²) >= 11 is 0. The molecule has 0 saturated carbocycles. The van der Waals surface area contributed by atoms with Crippen molar-refractivity contribution in [2.75, 3.05) is 33.0 Å². The molecule has 11 atom stereocenters. The van der Waals surface area contributed by atoms with Gasteiger partial charge >= 0.3 is 5.97 Å². The second-order valence-electron chi connectivity index (χ2n) is 19.4. The Morgan fingerprint density at radius 3 is 1.40 bits per heavy atom. The number of esters is 1. The molecule has 14 heteroatoms. The highest BCUT2D eigenvalue weighted by atomic mass is 16.7. The van der Waals surface area contributed by atoms with Gasteiger partial charge in [-0.05, 0) is 44.9 Å². The Morgan fingerprint density at radius 1 is 0.486 bits per heavy atom. The molecule has 0 aliphatic carbocycles. The van der Waals surface area contributed by atoms with Crippen LogP contribution < -0.4 is 0 Å². The maximum atomic E-state index is 13.0. The zero-order chi connectivity index (χ0) is 50.9. The summed E-state index contributed by atoms with van der Waals surface area (Å²) in [4.78, 5) is 13.0. The first-order chi connectivity index (χ1) is 34.1. The highest BCUT2D eigenvalue weighted by Crippen LogP contribution is 2.26. The van der Waals surface area contributed by atoms with Crippen LogP contribution in [0.2, 0.25) is 0 Å². The summed E-state index contributed by atoms with van der Waals surface area (Å²) in [7, 11) is 0. The standard InChI is InChI=1S/C56H100O14/c1-3-5-7-9-11-13-15-17-19-20-21-22-23-24-25-26-27-29-31-33-35-37-39-48(58)68-45(42-65-40-38-36-34-32-30-28-18-16-14-12-10-8-6-4-2)43-66-55-54(64)52(62)50(60)47(70-55)44-67-56-53(63)51(61)49(59)46(41-57)69-56/h6,8,12,14,18,28,32,34,45-47,49-57,59-64H,3-5,7,9-11,13,15-17,19-27,29-31,33,35-44H2,1-2H3/b8-6-,14-12-,28-18-,34-32-. The van der Waals surface area contributed by atoms with Gasteiger partial charge in [0.2, 0.25) is 0 Å². The second-order valence-corrected chi connectivity index (χ2v) is 19.4. The predicted molar refractivity (Wildman–Crippen MR) is 275 cm³/mol. The van der Waals surface area contributed by atoms with Gasteiger partial charge in [-0.25, -0.2) is 0 Å². The van der Waals surface area contributed by atoms with Crippen molar-refractivity contribution in [2.24, 2.45) is 0 Å². The fraction of sp³-hybridized carbons (Fsp3) is 0.839. The molecule has 0 amide bonds. The van der Waals surface area contributed by atoms with Gasteiger partial charge in [0.25, 0.3) is 0 Å². The molecule has 0 aromatic rings. The summed E-state index contributed by atoms with van der Waals surface area (Å²) in [5.74, 6) is -0.392. The first-order valence-electron chi connectivity index (χ1n) is 27.7. The van der Waals surface area contributed by atoms with E-state index in [0.29, 0.717) is 13.0 Å².